The Morgan fingerprint density at radius 3 is 2.66 bits per heavy atom. The van der Waals surface area contributed by atoms with Crippen molar-refractivity contribution >= 4 is 16.9 Å². The zero-order valence-corrected chi connectivity index (χ0v) is 21.2. The molecule has 2 unspecified atom stereocenters. The van der Waals surface area contributed by atoms with Crippen LogP contribution in [0.1, 0.15) is 37.7 Å². The summed E-state index contributed by atoms with van der Waals surface area (Å²) < 4.78 is 1.99. The SMILES string of the molecule is N#CCC1(n2cc(-c3ncnc4[nH]ccc34)cn2)CNC1C1CCN(C(=O)C2(c3ccccc3)CC2)CC1. The first-order valence-corrected chi connectivity index (χ1v) is 13.4. The van der Waals surface area contributed by atoms with Crippen LogP contribution in [0.25, 0.3) is 22.3 Å². The number of hydrogen-bond acceptors (Lipinski definition) is 6. The maximum Gasteiger partial charge on any atom is 0.233 e. The second kappa shape index (κ2) is 8.77. The van der Waals surface area contributed by atoms with Crippen molar-refractivity contribution in [3.8, 4) is 17.3 Å². The lowest BCUT2D eigenvalue weighted by Crippen LogP contribution is -2.71. The van der Waals surface area contributed by atoms with Gasteiger partial charge in [0, 0.05) is 49.0 Å². The van der Waals surface area contributed by atoms with Crippen LogP contribution in [0.4, 0.5) is 0 Å². The lowest BCUT2D eigenvalue weighted by molar-refractivity contribution is -0.136. The van der Waals surface area contributed by atoms with Crippen LogP contribution in [0.5, 0.6) is 0 Å². The number of hydrogen-bond donors (Lipinski definition) is 2. The standard InChI is InChI=1S/C29H30N8O/c30-12-11-29(37-17-21(16-35-37)24-23-6-13-31-26(23)34-19-33-24)18-32-25(29)20-7-14-36(15-8-20)27(38)28(9-10-28)22-4-2-1-3-5-22/h1-6,13,16-17,19-20,25,32H,7-11,14-15,18H2,(H,31,33,34). The number of piperidine rings is 1. The summed E-state index contributed by atoms with van der Waals surface area (Å²) in [5, 5.41) is 19.1. The number of fused-ring (bicyclic) bond motifs is 1. The van der Waals surface area contributed by atoms with Gasteiger partial charge in [0.05, 0.1) is 29.8 Å². The number of amides is 1. The Balaban J connectivity index is 1.09. The van der Waals surface area contributed by atoms with Crippen LogP contribution in [0.2, 0.25) is 0 Å². The monoisotopic (exact) mass is 506 g/mol. The Labute approximate surface area is 220 Å². The first kappa shape index (κ1) is 23.1. The Morgan fingerprint density at radius 1 is 1.13 bits per heavy atom. The van der Waals surface area contributed by atoms with Crippen molar-refractivity contribution in [2.75, 3.05) is 19.6 Å². The second-order valence-corrected chi connectivity index (χ2v) is 11.0. The van der Waals surface area contributed by atoms with Crippen LogP contribution in [0, 0.1) is 17.2 Å². The molecule has 38 heavy (non-hydrogen) atoms. The van der Waals surface area contributed by atoms with Gasteiger partial charge in [-0.1, -0.05) is 30.3 Å². The Bertz CT molecular complexity index is 1520. The van der Waals surface area contributed by atoms with E-state index in [1.165, 1.54) is 0 Å². The highest BCUT2D eigenvalue weighted by Gasteiger charge is 2.55. The van der Waals surface area contributed by atoms with Crippen LogP contribution < -0.4 is 5.32 Å². The Morgan fingerprint density at radius 2 is 1.95 bits per heavy atom. The molecule has 9 heteroatoms. The molecule has 1 aromatic carbocycles. The van der Waals surface area contributed by atoms with Crippen LogP contribution in [-0.2, 0) is 15.7 Å². The molecule has 2 N–H and O–H groups in total. The fraction of sp³-hybridized carbons (Fsp3) is 0.414. The number of aromatic nitrogens is 5. The number of H-pyrrole nitrogens is 1. The van der Waals surface area contributed by atoms with Crippen molar-refractivity contribution in [2.24, 2.45) is 5.92 Å². The summed E-state index contributed by atoms with van der Waals surface area (Å²) in [5.41, 5.74) is 2.96. The van der Waals surface area contributed by atoms with Crippen molar-refractivity contribution in [2.45, 2.75) is 49.1 Å². The number of carbonyl (C=O) groups excluding carboxylic acids is 1. The molecule has 0 bridgehead atoms. The minimum absolute atomic E-state index is 0.133. The molecule has 3 aromatic heterocycles. The predicted molar refractivity (Wildman–Crippen MR) is 142 cm³/mol. The molecule has 2 atom stereocenters. The van der Waals surface area contributed by atoms with Gasteiger partial charge in [0.1, 0.15) is 17.5 Å². The van der Waals surface area contributed by atoms with E-state index in [1.807, 2.05) is 47.5 Å². The molecule has 2 aliphatic heterocycles. The highest BCUT2D eigenvalue weighted by atomic mass is 16.2. The van der Waals surface area contributed by atoms with E-state index in [0.717, 1.165) is 66.6 Å². The summed E-state index contributed by atoms with van der Waals surface area (Å²) in [7, 11) is 0. The number of nitrogens with zero attached hydrogens (tertiary/aromatic N) is 6. The summed E-state index contributed by atoms with van der Waals surface area (Å²) in [6.45, 7) is 2.22. The number of nitriles is 1. The molecule has 3 fully saturated rings. The zero-order chi connectivity index (χ0) is 25.7. The van der Waals surface area contributed by atoms with Crippen LogP contribution in [0.3, 0.4) is 0 Å². The lowest BCUT2D eigenvalue weighted by atomic mass is 9.70. The lowest BCUT2D eigenvalue weighted by Gasteiger charge is -2.54. The maximum absolute atomic E-state index is 13.5. The maximum atomic E-state index is 13.5. The predicted octanol–water partition coefficient (Wildman–Crippen LogP) is 3.37. The van der Waals surface area contributed by atoms with Crippen molar-refractivity contribution in [3.63, 3.8) is 0 Å². The molecule has 5 heterocycles. The minimum atomic E-state index is -0.407. The summed E-state index contributed by atoms with van der Waals surface area (Å²) in [6, 6.07) is 14.8. The topological polar surface area (TPSA) is 116 Å². The Hall–Kier alpha value is -4.03. The van der Waals surface area contributed by atoms with Crippen molar-refractivity contribution in [1.29, 1.82) is 5.26 Å². The fourth-order valence-corrected chi connectivity index (χ4v) is 6.71. The van der Waals surface area contributed by atoms with Gasteiger partial charge in [0.25, 0.3) is 0 Å². The normalized spacial score (nSPS) is 24.6. The molecule has 0 spiro atoms. The molecule has 4 aromatic rings. The van der Waals surface area contributed by atoms with E-state index < -0.39 is 5.54 Å². The average molecular weight is 507 g/mol. The highest BCUT2D eigenvalue weighted by molar-refractivity contribution is 5.91. The van der Waals surface area contributed by atoms with Crippen LogP contribution >= 0.6 is 0 Å². The highest BCUT2D eigenvalue weighted by Crippen LogP contribution is 2.50. The van der Waals surface area contributed by atoms with E-state index in [0.29, 0.717) is 18.9 Å². The third-order valence-corrected chi connectivity index (χ3v) is 9.04. The van der Waals surface area contributed by atoms with Crippen LogP contribution in [-0.4, -0.2) is 61.2 Å². The minimum Gasteiger partial charge on any atom is -0.346 e. The van der Waals surface area contributed by atoms with Gasteiger partial charge in [-0.25, -0.2) is 9.97 Å². The zero-order valence-electron chi connectivity index (χ0n) is 21.2. The summed E-state index contributed by atoms with van der Waals surface area (Å²) in [5.74, 6) is 0.653. The molecular weight excluding hydrogens is 476 g/mol. The number of benzene rings is 1. The number of aromatic amines is 1. The van der Waals surface area contributed by atoms with Gasteiger partial charge in [-0.05, 0) is 43.2 Å². The van der Waals surface area contributed by atoms with E-state index in [-0.39, 0.29) is 17.4 Å². The smallest absolute Gasteiger partial charge is 0.233 e. The van der Waals surface area contributed by atoms with Crippen LogP contribution in [0.15, 0.2) is 61.3 Å². The average Bonchev–Trinajstić information content (AvgIpc) is 3.36. The number of carbonyl (C=O) groups is 1. The van der Waals surface area contributed by atoms with E-state index >= 15 is 0 Å². The van der Waals surface area contributed by atoms with Gasteiger partial charge in [0.2, 0.25) is 5.91 Å². The molecular formula is C29H30N8O. The van der Waals surface area contributed by atoms with Gasteiger partial charge < -0.3 is 15.2 Å². The first-order chi connectivity index (χ1) is 18.6. The van der Waals surface area contributed by atoms with E-state index in [1.54, 1.807) is 6.33 Å². The van der Waals surface area contributed by atoms with Gasteiger partial charge in [-0.3, -0.25) is 9.48 Å². The van der Waals surface area contributed by atoms with E-state index in [2.05, 4.69) is 43.4 Å². The molecule has 3 aliphatic rings. The third kappa shape index (κ3) is 3.47. The summed E-state index contributed by atoms with van der Waals surface area (Å²) >= 11 is 0. The first-order valence-electron chi connectivity index (χ1n) is 13.4. The fourth-order valence-electron chi connectivity index (χ4n) is 6.71. The van der Waals surface area contributed by atoms with Gasteiger partial charge in [0.15, 0.2) is 0 Å². The molecule has 7 rings (SSSR count). The van der Waals surface area contributed by atoms with Gasteiger partial charge in [-0.15, -0.1) is 0 Å². The Kier molecular flexibility index (Phi) is 5.34. The molecule has 1 saturated carbocycles. The summed E-state index contributed by atoms with van der Waals surface area (Å²) in [4.78, 5) is 27.6. The number of likely N-dealkylation sites (tertiary alicyclic amines) is 1. The van der Waals surface area contributed by atoms with Crippen molar-refractivity contribution < 1.29 is 4.79 Å². The number of rotatable bonds is 6. The third-order valence-electron chi connectivity index (χ3n) is 9.04. The molecule has 9 nitrogen and oxygen atoms in total. The number of nitrogens with one attached hydrogen (secondary N) is 2. The largest absolute Gasteiger partial charge is 0.346 e. The molecule has 1 amide bonds. The van der Waals surface area contributed by atoms with Gasteiger partial charge in [-0.2, -0.15) is 10.4 Å². The molecule has 192 valence electrons. The quantitative estimate of drug-likeness (QED) is 0.414. The van der Waals surface area contributed by atoms with E-state index in [9.17, 15) is 10.1 Å². The molecule has 2 saturated heterocycles. The van der Waals surface area contributed by atoms with Crippen molar-refractivity contribution in [3.05, 3.63) is 66.9 Å². The van der Waals surface area contributed by atoms with E-state index in [4.69, 9.17) is 5.10 Å². The molecule has 1 aliphatic carbocycles. The molecule has 0 radical (unpaired) electrons. The van der Waals surface area contributed by atoms with Gasteiger partial charge >= 0.3 is 0 Å². The second-order valence-electron chi connectivity index (χ2n) is 11.0. The summed E-state index contributed by atoms with van der Waals surface area (Å²) in [6.07, 6.45) is 11.4. The van der Waals surface area contributed by atoms with Crippen molar-refractivity contribution in [1.82, 2.24) is 34.9 Å².